The second-order valence-corrected chi connectivity index (χ2v) is 4.24. The third-order valence-electron chi connectivity index (χ3n) is 2.38. The van der Waals surface area contributed by atoms with Crippen LogP contribution in [0.2, 0.25) is 0 Å². The van der Waals surface area contributed by atoms with Gasteiger partial charge >= 0.3 is 5.97 Å². The summed E-state index contributed by atoms with van der Waals surface area (Å²) >= 11 is 3.25. The van der Waals surface area contributed by atoms with Crippen LogP contribution in [-0.2, 0) is 11.2 Å². The van der Waals surface area contributed by atoms with Crippen LogP contribution in [0.1, 0.15) is 5.56 Å². The Bertz CT molecular complexity index is 419. The largest absolute Gasteiger partial charge is 0.489 e. The van der Waals surface area contributed by atoms with E-state index in [1.807, 2.05) is 0 Å². The van der Waals surface area contributed by atoms with Gasteiger partial charge in [0.2, 0.25) is 0 Å². The Morgan fingerprint density at radius 3 is 3.00 bits per heavy atom. The van der Waals surface area contributed by atoms with Crippen molar-refractivity contribution in [3.63, 3.8) is 0 Å². The standard InChI is InChI=1S/C10H8BrFO3/c11-7-1-2-8(12)9-6(7)3-5(4-15-9)10(13)14/h1-2,5H,3-4H2,(H,13,14). The van der Waals surface area contributed by atoms with Gasteiger partial charge in [0, 0.05) is 10.0 Å². The first-order valence-electron chi connectivity index (χ1n) is 4.42. The highest BCUT2D eigenvalue weighted by atomic mass is 79.9. The number of carboxylic acids is 1. The molecule has 0 amide bonds. The first-order chi connectivity index (χ1) is 7.09. The minimum Gasteiger partial charge on any atom is -0.489 e. The molecule has 0 saturated heterocycles. The van der Waals surface area contributed by atoms with Gasteiger partial charge in [-0.05, 0) is 18.6 Å². The molecular weight excluding hydrogens is 267 g/mol. The first-order valence-corrected chi connectivity index (χ1v) is 5.21. The van der Waals surface area contributed by atoms with Crippen molar-refractivity contribution in [2.45, 2.75) is 6.42 Å². The number of benzene rings is 1. The lowest BCUT2D eigenvalue weighted by molar-refractivity contribution is -0.143. The minimum atomic E-state index is -0.920. The Morgan fingerprint density at radius 1 is 1.60 bits per heavy atom. The van der Waals surface area contributed by atoms with Crippen LogP contribution < -0.4 is 4.74 Å². The molecule has 5 heteroatoms. The van der Waals surface area contributed by atoms with Crippen molar-refractivity contribution in [3.05, 3.63) is 28.0 Å². The van der Waals surface area contributed by atoms with Gasteiger partial charge in [0.15, 0.2) is 11.6 Å². The predicted octanol–water partition coefficient (Wildman–Crippen LogP) is 2.22. The topological polar surface area (TPSA) is 46.5 Å². The number of carbonyl (C=O) groups is 1. The molecule has 3 nitrogen and oxygen atoms in total. The second-order valence-electron chi connectivity index (χ2n) is 3.39. The number of fused-ring (bicyclic) bond motifs is 1. The van der Waals surface area contributed by atoms with Gasteiger partial charge in [-0.25, -0.2) is 4.39 Å². The van der Waals surface area contributed by atoms with E-state index < -0.39 is 17.7 Å². The maximum atomic E-state index is 13.3. The number of halogens is 2. The quantitative estimate of drug-likeness (QED) is 0.854. The molecular formula is C10H8BrFO3. The molecule has 1 aliphatic heterocycles. The first kappa shape index (κ1) is 10.4. The van der Waals surface area contributed by atoms with E-state index in [4.69, 9.17) is 9.84 Å². The summed E-state index contributed by atoms with van der Waals surface area (Å²) in [5.74, 6) is -1.80. The van der Waals surface area contributed by atoms with E-state index in [2.05, 4.69) is 15.9 Å². The molecule has 2 rings (SSSR count). The number of carboxylic acid groups (broad SMARTS) is 1. The molecule has 1 aromatic carbocycles. The molecule has 1 aliphatic rings. The second kappa shape index (κ2) is 3.81. The van der Waals surface area contributed by atoms with Crippen LogP contribution >= 0.6 is 15.9 Å². The maximum Gasteiger partial charge on any atom is 0.310 e. The molecule has 1 heterocycles. The Kier molecular flexibility index (Phi) is 2.65. The highest BCUT2D eigenvalue weighted by Gasteiger charge is 2.28. The van der Waals surface area contributed by atoms with E-state index in [1.165, 1.54) is 6.07 Å². The van der Waals surface area contributed by atoms with Crippen molar-refractivity contribution in [1.82, 2.24) is 0 Å². The van der Waals surface area contributed by atoms with Gasteiger partial charge in [0.05, 0.1) is 5.92 Å². The fourth-order valence-corrected chi connectivity index (χ4v) is 2.04. The maximum absolute atomic E-state index is 13.3. The average molecular weight is 275 g/mol. The smallest absolute Gasteiger partial charge is 0.310 e. The zero-order chi connectivity index (χ0) is 11.0. The summed E-state index contributed by atoms with van der Waals surface area (Å²) in [7, 11) is 0. The molecule has 0 bridgehead atoms. The number of hydrogen-bond acceptors (Lipinski definition) is 2. The van der Waals surface area contributed by atoms with Gasteiger partial charge in [-0.1, -0.05) is 15.9 Å². The Balaban J connectivity index is 2.41. The molecule has 1 unspecified atom stereocenters. The van der Waals surface area contributed by atoms with Gasteiger partial charge in [0.25, 0.3) is 0 Å². The summed E-state index contributed by atoms with van der Waals surface area (Å²) in [5, 5.41) is 8.83. The molecule has 15 heavy (non-hydrogen) atoms. The van der Waals surface area contributed by atoms with E-state index in [9.17, 15) is 9.18 Å². The van der Waals surface area contributed by atoms with Crippen LogP contribution in [-0.4, -0.2) is 17.7 Å². The fraction of sp³-hybridized carbons (Fsp3) is 0.300. The van der Waals surface area contributed by atoms with Crippen molar-refractivity contribution in [2.75, 3.05) is 6.61 Å². The Hall–Kier alpha value is -1.10. The van der Waals surface area contributed by atoms with Crippen LogP contribution in [0.3, 0.4) is 0 Å². The van der Waals surface area contributed by atoms with Crippen LogP contribution in [0.25, 0.3) is 0 Å². The molecule has 0 spiro atoms. The number of rotatable bonds is 1. The highest BCUT2D eigenvalue weighted by Crippen LogP contribution is 2.35. The van der Waals surface area contributed by atoms with Gasteiger partial charge in [-0.2, -0.15) is 0 Å². The van der Waals surface area contributed by atoms with Crippen molar-refractivity contribution >= 4 is 21.9 Å². The Morgan fingerprint density at radius 2 is 2.33 bits per heavy atom. The van der Waals surface area contributed by atoms with Crippen LogP contribution in [0, 0.1) is 11.7 Å². The lowest BCUT2D eigenvalue weighted by Crippen LogP contribution is -2.28. The van der Waals surface area contributed by atoms with Crippen molar-refractivity contribution in [2.24, 2.45) is 5.92 Å². The van der Waals surface area contributed by atoms with E-state index in [0.717, 1.165) is 0 Å². The molecule has 0 aromatic heterocycles. The highest BCUT2D eigenvalue weighted by molar-refractivity contribution is 9.10. The summed E-state index contributed by atoms with van der Waals surface area (Å²) in [6.07, 6.45) is 0.295. The average Bonchev–Trinajstić information content (AvgIpc) is 2.23. The molecule has 1 atom stereocenters. The number of hydrogen-bond donors (Lipinski definition) is 1. The molecule has 0 radical (unpaired) electrons. The lowest BCUT2D eigenvalue weighted by atomic mass is 9.97. The van der Waals surface area contributed by atoms with Crippen molar-refractivity contribution in [1.29, 1.82) is 0 Å². The summed E-state index contributed by atoms with van der Waals surface area (Å²) < 4.78 is 19.1. The fourth-order valence-electron chi connectivity index (χ4n) is 1.57. The Labute approximate surface area is 94.0 Å². The summed E-state index contributed by atoms with van der Waals surface area (Å²) in [6, 6.07) is 2.85. The third kappa shape index (κ3) is 1.84. The molecule has 1 N–H and O–H groups in total. The molecule has 80 valence electrons. The monoisotopic (exact) mass is 274 g/mol. The van der Waals surface area contributed by atoms with Gasteiger partial charge < -0.3 is 9.84 Å². The van der Waals surface area contributed by atoms with E-state index in [-0.39, 0.29) is 12.4 Å². The lowest BCUT2D eigenvalue weighted by Gasteiger charge is -2.23. The normalized spacial score (nSPS) is 19.2. The molecule has 1 aromatic rings. The van der Waals surface area contributed by atoms with Crippen molar-refractivity contribution in [3.8, 4) is 5.75 Å². The van der Waals surface area contributed by atoms with Crippen LogP contribution in [0.15, 0.2) is 16.6 Å². The summed E-state index contributed by atoms with van der Waals surface area (Å²) in [5.41, 5.74) is 0.591. The van der Waals surface area contributed by atoms with Gasteiger partial charge in [-0.15, -0.1) is 0 Å². The van der Waals surface area contributed by atoms with E-state index in [0.29, 0.717) is 16.5 Å². The summed E-state index contributed by atoms with van der Waals surface area (Å²) in [4.78, 5) is 10.8. The zero-order valence-electron chi connectivity index (χ0n) is 7.67. The van der Waals surface area contributed by atoms with E-state index >= 15 is 0 Å². The van der Waals surface area contributed by atoms with Crippen molar-refractivity contribution < 1.29 is 19.0 Å². The third-order valence-corrected chi connectivity index (χ3v) is 3.13. The number of ether oxygens (including phenoxy) is 1. The molecule has 0 saturated carbocycles. The van der Waals surface area contributed by atoms with Crippen LogP contribution in [0.4, 0.5) is 4.39 Å². The molecule has 0 fully saturated rings. The van der Waals surface area contributed by atoms with E-state index in [1.54, 1.807) is 6.07 Å². The summed E-state index contributed by atoms with van der Waals surface area (Å²) in [6.45, 7) is 0.0235. The minimum absolute atomic E-state index is 0.0235. The predicted molar refractivity (Wildman–Crippen MR) is 54.4 cm³/mol. The zero-order valence-corrected chi connectivity index (χ0v) is 9.25. The molecule has 0 aliphatic carbocycles. The SMILES string of the molecule is O=C(O)C1COc2c(F)ccc(Br)c2C1. The van der Waals surface area contributed by atoms with Gasteiger partial charge in [0.1, 0.15) is 6.61 Å². The number of aliphatic carboxylic acids is 1. The van der Waals surface area contributed by atoms with Gasteiger partial charge in [-0.3, -0.25) is 4.79 Å². The van der Waals surface area contributed by atoms with Crippen LogP contribution in [0.5, 0.6) is 5.75 Å².